The number of hydrogen-bond donors (Lipinski definition) is 0. The summed E-state index contributed by atoms with van der Waals surface area (Å²) in [7, 11) is 0. The van der Waals surface area contributed by atoms with Crippen molar-refractivity contribution in [3.8, 4) is 5.75 Å². The Morgan fingerprint density at radius 3 is 2.85 bits per heavy atom. The van der Waals surface area contributed by atoms with Crippen LogP contribution in [0.5, 0.6) is 5.75 Å². The van der Waals surface area contributed by atoms with Gasteiger partial charge in [0.05, 0.1) is 37.6 Å². The highest BCUT2D eigenvalue weighted by Crippen LogP contribution is 2.42. The Labute approximate surface area is 196 Å². The normalized spacial score (nSPS) is 21.2. The van der Waals surface area contributed by atoms with Crippen LogP contribution >= 0.6 is 0 Å². The molecule has 2 fully saturated rings. The maximum atomic E-state index is 14.8. The van der Waals surface area contributed by atoms with Crippen molar-refractivity contribution < 1.29 is 27.8 Å². The Balaban J connectivity index is 1.50. The Morgan fingerprint density at radius 2 is 2.06 bits per heavy atom. The van der Waals surface area contributed by atoms with E-state index in [1.165, 1.54) is 18.3 Å². The Morgan fingerprint density at radius 1 is 1.24 bits per heavy atom. The summed E-state index contributed by atoms with van der Waals surface area (Å²) >= 11 is 0. The molecule has 180 valence electrons. The summed E-state index contributed by atoms with van der Waals surface area (Å²) in [4.78, 5) is 14.2. The van der Waals surface area contributed by atoms with E-state index in [2.05, 4.69) is 5.10 Å². The molecule has 0 amide bonds. The van der Waals surface area contributed by atoms with E-state index in [0.717, 1.165) is 12.8 Å². The Hall–Kier alpha value is -3.20. The fraction of sp³-hybridized carbons (Fsp3) is 0.440. The molecule has 2 atom stereocenters. The van der Waals surface area contributed by atoms with E-state index in [-0.39, 0.29) is 25.7 Å². The highest BCUT2D eigenvalue weighted by Gasteiger charge is 2.36. The van der Waals surface area contributed by atoms with Gasteiger partial charge in [0.15, 0.2) is 0 Å². The zero-order valence-electron chi connectivity index (χ0n) is 19.0. The van der Waals surface area contributed by atoms with Gasteiger partial charge in [-0.15, -0.1) is 0 Å². The number of rotatable bonds is 6. The number of anilines is 1. The minimum Gasteiger partial charge on any atom is -0.490 e. The van der Waals surface area contributed by atoms with Gasteiger partial charge in [0.25, 0.3) is 0 Å². The number of halogens is 2. The van der Waals surface area contributed by atoms with E-state index in [4.69, 9.17) is 14.2 Å². The highest BCUT2D eigenvalue weighted by molar-refractivity contribution is 5.97. The number of benzene rings is 1. The average molecular weight is 472 g/mol. The van der Waals surface area contributed by atoms with Crippen molar-refractivity contribution in [2.75, 3.05) is 31.3 Å². The van der Waals surface area contributed by atoms with E-state index in [1.54, 1.807) is 29.8 Å². The third-order valence-corrected chi connectivity index (χ3v) is 6.37. The first-order valence-corrected chi connectivity index (χ1v) is 11.6. The van der Waals surface area contributed by atoms with Crippen molar-refractivity contribution in [2.45, 2.75) is 44.5 Å². The number of carbonyl (C=O) groups excluding carboxylic acids is 1. The molecule has 2 aliphatic heterocycles. The van der Waals surface area contributed by atoms with Crippen LogP contribution in [0, 0.1) is 5.82 Å². The topological polar surface area (TPSA) is 65.3 Å². The summed E-state index contributed by atoms with van der Waals surface area (Å²) in [6, 6.07) is 7.63. The molecule has 7 nitrogen and oxygen atoms in total. The van der Waals surface area contributed by atoms with Crippen LogP contribution in [0.3, 0.4) is 0 Å². The Kier molecular flexibility index (Phi) is 6.36. The molecule has 2 aromatic heterocycles. The summed E-state index contributed by atoms with van der Waals surface area (Å²) in [5.74, 6) is -0.296. The number of ether oxygens (including phenoxy) is 3. The SMILES string of the molecule is CCOC(=O)c1cnn2ccc(N3C[C@@H](F)C[C@@H]3c3cc(F)ccc3OC3CCOCC3)cc12. The average Bonchev–Trinajstić information content (AvgIpc) is 3.44. The van der Waals surface area contributed by atoms with Crippen molar-refractivity contribution in [2.24, 2.45) is 0 Å². The van der Waals surface area contributed by atoms with Gasteiger partial charge < -0.3 is 19.1 Å². The van der Waals surface area contributed by atoms with Crippen LogP contribution in [-0.4, -0.2) is 54.2 Å². The molecule has 0 radical (unpaired) electrons. The number of alkyl halides is 1. The van der Waals surface area contributed by atoms with Crippen molar-refractivity contribution >= 4 is 17.2 Å². The van der Waals surface area contributed by atoms with Crippen LogP contribution in [-0.2, 0) is 9.47 Å². The summed E-state index contributed by atoms with van der Waals surface area (Å²) in [6.07, 6.45) is 3.79. The third kappa shape index (κ3) is 4.44. The van der Waals surface area contributed by atoms with Gasteiger partial charge in [-0.25, -0.2) is 18.1 Å². The second kappa shape index (κ2) is 9.58. The minimum atomic E-state index is -1.09. The number of carbonyl (C=O) groups is 1. The van der Waals surface area contributed by atoms with E-state index >= 15 is 0 Å². The predicted molar refractivity (Wildman–Crippen MR) is 122 cm³/mol. The van der Waals surface area contributed by atoms with Gasteiger partial charge in [-0.3, -0.25) is 0 Å². The number of esters is 1. The second-order valence-electron chi connectivity index (χ2n) is 8.61. The van der Waals surface area contributed by atoms with E-state index in [9.17, 15) is 13.6 Å². The standard InChI is InChI=1S/C25H27F2N3O4/c1-2-33-25(31)21-14-28-30-8-5-18(13-23(21)30)29-15-17(27)12-22(29)20-11-16(26)3-4-24(20)34-19-6-9-32-10-7-19/h3-5,8,11,13-14,17,19,22H,2,6-7,9-10,12,15H2,1H3/t17-,22+/m0/s1. The quantitative estimate of drug-likeness (QED) is 0.494. The van der Waals surface area contributed by atoms with Gasteiger partial charge in [-0.2, -0.15) is 5.10 Å². The molecule has 0 N–H and O–H groups in total. The first kappa shape index (κ1) is 22.6. The molecular formula is C25H27F2N3O4. The monoisotopic (exact) mass is 471 g/mol. The molecule has 0 spiro atoms. The molecule has 3 aromatic rings. The smallest absolute Gasteiger partial charge is 0.341 e. The first-order valence-electron chi connectivity index (χ1n) is 11.6. The molecule has 34 heavy (non-hydrogen) atoms. The van der Waals surface area contributed by atoms with E-state index < -0.39 is 24.0 Å². The van der Waals surface area contributed by atoms with Crippen LogP contribution < -0.4 is 9.64 Å². The lowest BCUT2D eigenvalue weighted by atomic mass is 10.0. The molecule has 0 unspecified atom stereocenters. The van der Waals surface area contributed by atoms with E-state index in [0.29, 0.717) is 41.3 Å². The van der Waals surface area contributed by atoms with Crippen LogP contribution in [0.4, 0.5) is 14.5 Å². The molecule has 0 aliphatic carbocycles. The van der Waals surface area contributed by atoms with Crippen molar-refractivity contribution in [3.05, 3.63) is 59.7 Å². The molecule has 0 saturated carbocycles. The van der Waals surface area contributed by atoms with Crippen LogP contribution in [0.1, 0.15) is 48.1 Å². The molecule has 2 saturated heterocycles. The van der Waals surface area contributed by atoms with Crippen LogP contribution in [0.25, 0.3) is 5.52 Å². The number of nitrogens with zero attached hydrogens (tertiary/aromatic N) is 3. The predicted octanol–water partition coefficient (Wildman–Crippen LogP) is 4.50. The lowest BCUT2D eigenvalue weighted by Gasteiger charge is -2.30. The Bertz CT molecular complexity index is 1180. The third-order valence-electron chi connectivity index (χ3n) is 6.37. The molecule has 4 heterocycles. The highest BCUT2D eigenvalue weighted by atomic mass is 19.1. The van der Waals surface area contributed by atoms with Crippen LogP contribution in [0.2, 0.25) is 0 Å². The maximum Gasteiger partial charge on any atom is 0.341 e. The number of aromatic nitrogens is 2. The molecule has 0 bridgehead atoms. The fourth-order valence-electron chi connectivity index (χ4n) is 4.74. The van der Waals surface area contributed by atoms with Crippen molar-refractivity contribution in [1.29, 1.82) is 0 Å². The molecular weight excluding hydrogens is 444 g/mol. The van der Waals surface area contributed by atoms with Gasteiger partial charge in [0.2, 0.25) is 0 Å². The van der Waals surface area contributed by atoms with Crippen LogP contribution in [0.15, 0.2) is 42.7 Å². The largest absolute Gasteiger partial charge is 0.490 e. The number of hydrogen-bond acceptors (Lipinski definition) is 6. The zero-order chi connectivity index (χ0) is 23.7. The van der Waals surface area contributed by atoms with Crippen molar-refractivity contribution in [3.63, 3.8) is 0 Å². The minimum absolute atomic E-state index is 0.0238. The van der Waals surface area contributed by atoms with Gasteiger partial charge in [-0.05, 0) is 37.3 Å². The molecule has 2 aliphatic rings. The molecule has 5 rings (SSSR count). The van der Waals surface area contributed by atoms with E-state index in [1.807, 2.05) is 11.0 Å². The second-order valence-corrected chi connectivity index (χ2v) is 8.61. The van der Waals surface area contributed by atoms with Gasteiger partial charge in [0.1, 0.15) is 29.4 Å². The first-order chi connectivity index (χ1) is 16.5. The summed E-state index contributed by atoms with van der Waals surface area (Å²) in [6.45, 7) is 3.39. The fourth-order valence-corrected chi connectivity index (χ4v) is 4.74. The number of fused-ring (bicyclic) bond motifs is 1. The van der Waals surface area contributed by atoms with Gasteiger partial charge in [-0.1, -0.05) is 0 Å². The summed E-state index contributed by atoms with van der Waals surface area (Å²) in [5.41, 5.74) is 2.23. The lowest BCUT2D eigenvalue weighted by molar-refractivity contribution is 0.0250. The van der Waals surface area contributed by atoms with Crippen molar-refractivity contribution in [1.82, 2.24) is 9.61 Å². The lowest BCUT2D eigenvalue weighted by Crippen LogP contribution is -2.28. The van der Waals surface area contributed by atoms with Gasteiger partial charge >= 0.3 is 5.97 Å². The zero-order valence-corrected chi connectivity index (χ0v) is 19.0. The summed E-state index contributed by atoms with van der Waals surface area (Å²) < 4.78 is 47.5. The molecule has 9 heteroatoms. The maximum absolute atomic E-state index is 14.8. The molecule has 1 aromatic carbocycles. The summed E-state index contributed by atoms with van der Waals surface area (Å²) in [5, 5.41) is 4.22. The van der Waals surface area contributed by atoms with Gasteiger partial charge in [0, 0.05) is 43.3 Å². The number of pyridine rings is 1.